The second-order valence-electron chi connectivity index (χ2n) is 1.97. The lowest BCUT2D eigenvalue weighted by atomic mass is 10.2. The van der Waals surface area contributed by atoms with E-state index >= 15 is 0 Å². The Morgan fingerprint density at radius 3 is 2.22 bits per heavy atom. The zero-order valence-corrected chi connectivity index (χ0v) is 5.20. The molecule has 4 heteroatoms. The molecule has 0 saturated carbocycles. The molecule has 0 spiro atoms. The first kappa shape index (κ1) is 8.84. The van der Waals surface area contributed by atoms with E-state index in [1.54, 1.807) is 0 Å². The summed E-state index contributed by atoms with van der Waals surface area (Å²) in [7, 11) is 0. The lowest BCUT2D eigenvalue weighted by Gasteiger charge is -2.09. The Bertz CT molecular complexity index is 67.2. The fraction of sp³-hybridized carbons (Fsp3) is 1.00. The minimum absolute atomic E-state index is 0.0755. The molecule has 2 atom stereocenters. The van der Waals surface area contributed by atoms with Crippen LogP contribution in [0.1, 0.15) is 12.8 Å². The molecule has 0 aromatic heterocycles. The van der Waals surface area contributed by atoms with Gasteiger partial charge in [-0.3, -0.25) is 0 Å². The predicted octanol–water partition coefficient (Wildman–Crippen LogP) is -1.60. The largest absolute Gasteiger partial charge is 0.396 e. The highest BCUT2D eigenvalue weighted by molar-refractivity contribution is 4.57. The van der Waals surface area contributed by atoms with Crippen molar-refractivity contribution >= 4 is 0 Å². The molecule has 0 saturated heterocycles. The Balaban J connectivity index is 3.15. The van der Waals surface area contributed by atoms with E-state index in [1.165, 1.54) is 0 Å². The van der Waals surface area contributed by atoms with E-state index in [4.69, 9.17) is 21.1 Å². The predicted molar refractivity (Wildman–Crippen MR) is 32.5 cm³/mol. The van der Waals surface area contributed by atoms with Crippen molar-refractivity contribution in [2.24, 2.45) is 5.73 Å². The van der Waals surface area contributed by atoms with Crippen LogP contribution in [0, 0.1) is 0 Å². The third kappa shape index (κ3) is 5.72. The van der Waals surface area contributed by atoms with Gasteiger partial charge >= 0.3 is 0 Å². The molecule has 0 heterocycles. The SMILES string of the molecule is NC(O)CC(O)CCO. The van der Waals surface area contributed by atoms with Crippen molar-refractivity contribution in [2.75, 3.05) is 6.61 Å². The van der Waals surface area contributed by atoms with Crippen molar-refractivity contribution in [3.05, 3.63) is 0 Å². The number of rotatable bonds is 4. The minimum Gasteiger partial charge on any atom is -0.396 e. The number of hydrogen-bond acceptors (Lipinski definition) is 4. The maximum Gasteiger partial charge on any atom is 0.104 e. The number of hydrogen-bond donors (Lipinski definition) is 4. The molecule has 0 aliphatic rings. The van der Waals surface area contributed by atoms with Crippen molar-refractivity contribution < 1.29 is 15.3 Å². The summed E-state index contributed by atoms with van der Waals surface area (Å²) >= 11 is 0. The van der Waals surface area contributed by atoms with Crippen molar-refractivity contribution in [1.29, 1.82) is 0 Å². The summed E-state index contributed by atoms with van der Waals surface area (Å²) in [5.41, 5.74) is 4.94. The Morgan fingerprint density at radius 1 is 1.33 bits per heavy atom. The van der Waals surface area contributed by atoms with Crippen LogP contribution >= 0.6 is 0 Å². The number of nitrogens with two attached hydrogens (primary N) is 1. The summed E-state index contributed by atoms with van der Waals surface area (Å²) in [6, 6.07) is 0. The van der Waals surface area contributed by atoms with Crippen LogP contribution in [-0.2, 0) is 0 Å². The third-order valence-corrected chi connectivity index (χ3v) is 0.976. The monoisotopic (exact) mass is 135 g/mol. The number of aliphatic hydroxyl groups is 3. The van der Waals surface area contributed by atoms with E-state index in [2.05, 4.69) is 0 Å². The first-order chi connectivity index (χ1) is 4.16. The van der Waals surface area contributed by atoms with Gasteiger partial charge in [0.05, 0.1) is 6.10 Å². The van der Waals surface area contributed by atoms with Gasteiger partial charge in [-0.1, -0.05) is 0 Å². The van der Waals surface area contributed by atoms with E-state index in [0.29, 0.717) is 0 Å². The molecular formula is C5H13NO3. The average molecular weight is 135 g/mol. The summed E-state index contributed by atoms with van der Waals surface area (Å²) in [6.45, 7) is -0.0755. The maximum atomic E-state index is 8.82. The van der Waals surface area contributed by atoms with Crippen LogP contribution in [0.2, 0.25) is 0 Å². The zero-order chi connectivity index (χ0) is 7.28. The third-order valence-electron chi connectivity index (χ3n) is 0.976. The van der Waals surface area contributed by atoms with Crippen LogP contribution in [0.5, 0.6) is 0 Å². The second kappa shape index (κ2) is 4.69. The zero-order valence-electron chi connectivity index (χ0n) is 5.20. The highest BCUT2D eigenvalue weighted by Crippen LogP contribution is 1.97. The summed E-state index contributed by atoms with van der Waals surface area (Å²) < 4.78 is 0. The van der Waals surface area contributed by atoms with Gasteiger partial charge in [0.25, 0.3) is 0 Å². The highest BCUT2D eigenvalue weighted by atomic mass is 16.3. The normalized spacial score (nSPS) is 17.3. The fourth-order valence-corrected chi connectivity index (χ4v) is 0.546. The van der Waals surface area contributed by atoms with Gasteiger partial charge in [0.2, 0.25) is 0 Å². The molecule has 0 aromatic carbocycles. The van der Waals surface area contributed by atoms with E-state index in [9.17, 15) is 0 Å². The molecule has 0 radical (unpaired) electrons. The van der Waals surface area contributed by atoms with Gasteiger partial charge in [-0.2, -0.15) is 0 Å². The van der Waals surface area contributed by atoms with Gasteiger partial charge in [-0.05, 0) is 6.42 Å². The van der Waals surface area contributed by atoms with Crippen LogP contribution in [0.4, 0.5) is 0 Å². The minimum atomic E-state index is -0.980. The summed E-state index contributed by atoms with van der Waals surface area (Å²) in [6.07, 6.45) is -1.27. The van der Waals surface area contributed by atoms with Crippen molar-refractivity contribution in [3.8, 4) is 0 Å². The molecule has 0 bridgehead atoms. The molecule has 0 aliphatic heterocycles. The summed E-state index contributed by atoms with van der Waals surface area (Å²) in [4.78, 5) is 0. The fourth-order valence-electron chi connectivity index (χ4n) is 0.546. The van der Waals surface area contributed by atoms with Crippen LogP contribution in [0.25, 0.3) is 0 Å². The van der Waals surface area contributed by atoms with Gasteiger partial charge in [0.1, 0.15) is 6.23 Å². The Hall–Kier alpha value is -0.160. The molecule has 2 unspecified atom stereocenters. The maximum absolute atomic E-state index is 8.82. The Labute approximate surface area is 53.9 Å². The first-order valence-electron chi connectivity index (χ1n) is 2.89. The average Bonchev–Trinajstić information content (AvgIpc) is 1.63. The van der Waals surface area contributed by atoms with Gasteiger partial charge in [0.15, 0.2) is 0 Å². The first-order valence-corrected chi connectivity index (χ1v) is 2.89. The highest BCUT2D eigenvalue weighted by Gasteiger charge is 2.05. The summed E-state index contributed by atoms with van der Waals surface area (Å²) in [5.74, 6) is 0. The van der Waals surface area contributed by atoms with Gasteiger partial charge < -0.3 is 21.1 Å². The molecule has 0 aromatic rings. The van der Waals surface area contributed by atoms with E-state index < -0.39 is 12.3 Å². The van der Waals surface area contributed by atoms with E-state index in [1.807, 2.05) is 0 Å². The molecule has 5 N–H and O–H groups in total. The lowest BCUT2D eigenvalue weighted by molar-refractivity contribution is 0.0672. The van der Waals surface area contributed by atoms with Crippen LogP contribution in [-0.4, -0.2) is 34.3 Å². The van der Waals surface area contributed by atoms with Gasteiger partial charge in [-0.25, -0.2) is 0 Å². The Morgan fingerprint density at radius 2 is 1.89 bits per heavy atom. The van der Waals surface area contributed by atoms with Gasteiger partial charge in [0, 0.05) is 13.0 Å². The van der Waals surface area contributed by atoms with Gasteiger partial charge in [-0.15, -0.1) is 0 Å². The smallest absolute Gasteiger partial charge is 0.104 e. The molecule has 0 amide bonds. The Kier molecular flexibility index (Phi) is 4.61. The van der Waals surface area contributed by atoms with Crippen molar-refractivity contribution in [3.63, 3.8) is 0 Å². The van der Waals surface area contributed by atoms with Crippen LogP contribution < -0.4 is 5.73 Å². The molecule has 56 valence electrons. The summed E-state index contributed by atoms with van der Waals surface area (Å²) in [5, 5.41) is 25.6. The molecule has 0 rings (SSSR count). The van der Waals surface area contributed by atoms with Crippen molar-refractivity contribution in [1.82, 2.24) is 0 Å². The molecule has 9 heavy (non-hydrogen) atoms. The molecule has 0 aliphatic carbocycles. The van der Waals surface area contributed by atoms with Crippen LogP contribution in [0.3, 0.4) is 0 Å². The van der Waals surface area contributed by atoms with Crippen molar-refractivity contribution in [2.45, 2.75) is 25.2 Å². The van der Waals surface area contributed by atoms with E-state index in [0.717, 1.165) is 0 Å². The quantitative estimate of drug-likeness (QED) is 0.349. The standard InChI is InChI=1S/C5H13NO3/c6-5(9)3-4(8)1-2-7/h4-5,7-9H,1-3,6H2. The van der Waals surface area contributed by atoms with E-state index in [-0.39, 0.29) is 19.4 Å². The molecular weight excluding hydrogens is 122 g/mol. The van der Waals surface area contributed by atoms with Crippen LogP contribution in [0.15, 0.2) is 0 Å². The topological polar surface area (TPSA) is 86.7 Å². The number of aliphatic hydroxyl groups excluding tert-OH is 3. The molecule has 0 fully saturated rings. The molecule has 4 nitrogen and oxygen atoms in total. The second-order valence-corrected chi connectivity index (χ2v) is 1.97. The lowest BCUT2D eigenvalue weighted by Crippen LogP contribution is -2.25.